The van der Waals surface area contributed by atoms with Crippen LogP contribution in [0, 0.1) is 6.92 Å². The Hall–Kier alpha value is -3.08. The summed E-state index contributed by atoms with van der Waals surface area (Å²) in [5, 5.41) is 3.54. The van der Waals surface area contributed by atoms with E-state index >= 15 is 0 Å². The normalized spacial score (nSPS) is 10.4. The monoisotopic (exact) mass is 294 g/mol. The molecule has 0 aliphatic carbocycles. The van der Waals surface area contributed by atoms with Gasteiger partial charge in [-0.05, 0) is 42.6 Å². The van der Waals surface area contributed by atoms with Gasteiger partial charge in [0, 0.05) is 11.3 Å². The number of para-hydroxylation sites is 1. The summed E-state index contributed by atoms with van der Waals surface area (Å²) in [5.74, 6) is 0.463. The first kappa shape index (κ1) is 13.9. The lowest BCUT2D eigenvalue weighted by atomic mass is 10.1. The number of aryl methyl sites for hydroxylation is 1. The highest BCUT2D eigenvalue weighted by molar-refractivity contribution is 5.90. The topological polar surface area (TPSA) is 71.2 Å². The summed E-state index contributed by atoms with van der Waals surface area (Å²) in [7, 11) is 0. The molecule has 3 rings (SSSR count). The zero-order valence-electron chi connectivity index (χ0n) is 11.9. The summed E-state index contributed by atoms with van der Waals surface area (Å²) < 4.78 is 5.15. The Morgan fingerprint density at radius 3 is 2.64 bits per heavy atom. The van der Waals surface area contributed by atoms with Crippen molar-refractivity contribution in [1.82, 2.24) is 4.98 Å². The number of pyridine rings is 1. The maximum Gasteiger partial charge on any atom is 0.417 e. The molecule has 2 aromatic carbocycles. The Morgan fingerprint density at radius 1 is 1.09 bits per heavy atom. The van der Waals surface area contributed by atoms with Gasteiger partial charge in [-0.3, -0.25) is 10.1 Å². The number of fused-ring (bicyclic) bond motifs is 1. The second-order valence-electron chi connectivity index (χ2n) is 4.91. The molecular weight excluding hydrogens is 280 g/mol. The van der Waals surface area contributed by atoms with Crippen LogP contribution in [0.4, 0.5) is 10.5 Å². The predicted octanol–water partition coefficient (Wildman–Crippen LogP) is 3.45. The molecule has 0 aliphatic rings. The van der Waals surface area contributed by atoms with E-state index in [4.69, 9.17) is 4.74 Å². The molecule has 0 spiro atoms. The van der Waals surface area contributed by atoms with E-state index in [1.54, 1.807) is 49.4 Å². The molecule has 110 valence electrons. The maximum absolute atomic E-state index is 11.8. The van der Waals surface area contributed by atoms with Crippen molar-refractivity contribution in [3.05, 3.63) is 70.5 Å². The van der Waals surface area contributed by atoms with Crippen molar-refractivity contribution in [2.75, 3.05) is 5.32 Å². The molecule has 22 heavy (non-hydrogen) atoms. The first-order valence-electron chi connectivity index (χ1n) is 6.79. The van der Waals surface area contributed by atoms with Gasteiger partial charge in [-0.1, -0.05) is 24.3 Å². The highest BCUT2D eigenvalue weighted by atomic mass is 16.6. The van der Waals surface area contributed by atoms with E-state index in [0.29, 0.717) is 22.5 Å². The molecule has 0 unspecified atom stereocenters. The minimum Gasteiger partial charge on any atom is -0.410 e. The summed E-state index contributed by atoms with van der Waals surface area (Å²) in [5.41, 5.74) is 1.72. The van der Waals surface area contributed by atoms with Gasteiger partial charge in [0.05, 0.1) is 5.52 Å². The Kier molecular flexibility index (Phi) is 3.62. The van der Waals surface area contributed by atoms with Gasteiger partial charge in [0.25, 0.3) is 5.56 Å². The molecule has 1 heterocycles. The number of nitrogens with one attached hydrogen (secondary N) is 2. The van der Waals surface area contributed by atoms with Crippen LogP contribution in [0.15, 0.2) is 59.4 Å². The van der Waals surface area contributed by atoms with E-state index in [0.717, 1.165) is 5.39 Å². The van der Waals surface area contributed by atoms with Crippen LogP contribution in [-0.2, 0) is 0 Å². The van der Waals surface area contributed by atoms with Crippen LogP contribution in [0.5, 0.6) is 5.75 Å². The molecule has 3 aromatic rings. The molecular formula is C17H14N2O3. The summed E-state index contributed by atoms with van der Waals surface area (Å²) in [6, 6.07) is 15.9. The van der Waals surface area contributed by atoms with Crippen LogP contribution in [0.25, 0.3) is 10.9 Å². The molecule has 0 saturated carbocycles. The predicted molar refractivity (Wildman–Crippen MR) is 85.4 cm³/mol. The fourth-order valence-corrected chi connectivity index (χ4v) is 2.13. The van der Waals surface area contributed by atoms with Crippen LogP contribution in [0.1, 0.15) is 5.56 Å². The standard InChI is InChI=1S/C17H14N2O3/c1-11-9-12-7-8-13(10-15(12)19-16(11)20)18-17(21)22-14-5-3-2-4-6-14/h2-10H,1H3,(H,18,21)(H,19,20). The number of anilines is 1. The van der Waals surface area contributed by atoms with Gasteiger partial charge in [-0.15, -0.1) is 0 Å². The number of hydrogen-bond donors (Lipinski definition) is 2. The van der Waals surface area contributed by atoms with Crippen molar-refractivity contribution in [2.24, 2.45) is 0 Å². The first-order chi connectivity index (χ1) is 10.6. The van der Waals surface area contributed by atoms with E-state index in [1.165, 1.54) is 0 Å². The van der Waals surface area contributed by atoms with Gasteiger partial charge in [0.15, 0.2) is 0 Å². The Balaban J connectivity index is 1.80. The third-order valence-electron chi connectivity index (χ3n) is 3.23. The van der Waals surface area contributed by atoms with Gasteiger partial charge in [0.1, 0.15) is 5.75 Å². The highest BCUT2D eigenvalue weighted by Crippen LogP contribution is 2.17. The quantitative estimate of drug-likeness (QED) is 0.760. The fourth-order valence-electron chi connectivity index (χ4n) is 2.13. The van der Waals surface area contributed by atoms with Crippen molar-refractivity contribution in [3.8, 4) is 5.75 Å². The van der Waals surface area contributed by atoms with Crippen LogP contribution < -0.4 is 15.6 Å². The molecule has 0 bridgehead atoms. The number of aromatic amines is 1. The SMILES string of the molecule is Cc1cc2ccc(NC(=O)Oc3ccccc3)cc2[nH]c1=O. The number of aromatic nitrogens is 1. The number of hydrogen-bond acceptors (Lipinski definition) is 3. The lowest BCUT2D eigenvalue weighted by molar-refractivity contribution is 0.215. The van der Waals surface area contributed by atoms with Crippen molar-refractivity contribution in [3.63, 3.8) is 0 Å². The average Bonchev–Trinajstić information content (AvgIpc) is 2.49. The molecule has 0 radical (unpaired) electrons. The average molecular weight is 294 g/mol. The van der Waals surface area contributed by atoms with E-state index in [-0.39, 0.29) is 5.56 Å². The van der Waals surface area contributed by atoms with Gasteiger partial charge in [-0.2, -0.15) is 0 Å². The summed E-state index contributed by atoms with van der Waals surface area (Å²) in [4.78, 5) is 26.2. The molecule has 0 atom stereocenters. The van der Waals surface area contributed by atoms with Crippen molar-refractivity contribution in [1.29, 1.82) is 0 Å². The van der Waals surface area contributed by atoms with Crippen LogP contribution in [0.3, 0.4) is 0 Å². The van der Waals surface area contributed by atoms with E-state index < -0.39 is 6.09 Å². The Bertz CT molecular complexity index is 885. The van der Waals surface area contributed by atoms with Crippen molar-refractivity contribution < 1.29 is 9.53 Å². The lowest BCUT2D eigenvalue weighted by Crippen LogP contribution is -2.16. The molecule has 1 aromatic heterocycles. The third-order valence-corrected chi connectivity index (χ3v) is 3.23. The van der Waals surface area contributed by atoms with Crippen LogP contribution in [0.2, 0.25) is 0 Å². The minimum absolute atomic E-state index is 0.142. The minimum atomic E-state index is -0.583. The number of carbonyl (C=O) groups excluding carboxylic acids is 1. The smallest absolute Gasteiger partial charge is 0.410 e. The number of carbonyl (C=O) groups is 1. The summed E-state index contributed by atoms with van der Waals surface area (Å²) >= 11 is 0. The summed E-state index contributed by atoms with van der Waals surface area (Å²) in [6.45, 7) is 1.75. The molecule has 0 fully saturated rings. The number of amides is 1. The Morgan fingerprint density at radius 2 is 1.86 bits per heavy atom. The molecule has 1 amide bonds. The van der Waals surface area contributed by atoms with Crippen LogP contribution in [-0.4, -0.2) is 11.1 Å². The lowest BCUT2D eigenvalue weighted by Gasteiger charge is -2.07. The first-order valence-corrected chi connectivity index (χ1v) is 6.79. The van der Waals surface area contributed by atoms with E-state index in [2.05, 4.69) is 10.3 Å². The zero-order valence-corrected chi connectivity index (χ0v) is 11.9. The van der Waals surface area contributed by atoms with Gasteiger partial charge < -0.3 is 9.72 Å². The molecule has 0 saturated heterocycles. The van der Waals surface area contributed by atoms with E-state index in [1.807, 2.05) is 12.1 Å². The second kappa shape index (κ2) is 5.73. The van der Waals surface area contributed by atoms with Gasteiger partial charge in [-0.25, -0.2) is 4.79 Å². The molecule has 0 aliphatic heterocycles. The Labute approximate surface area is 126 Å². The number of benzene rings is 2. The maximum atomic E-state index is 11.8. The highest BCUT2D eigenvalue weighted by Gasteiger charge is 2.06. The molecule has 5 nitrogen and oxygen atoms in total. The van der Waals surface area contributed by atoms with Crippen molar-refractivity contribution >= 4 is 22.7 Å². The summed E-state index contributed by atoms with van der Waals surface area (Å²) in [6.07, 6.45) is -0.583. The third kappa shape index (κ3) is 2.98. The number of H-pyrrole nitrogens is 1. The largest absolute Gasteiger partial charge is 0.417 e. The van der Waals surface area contributed by atoms with E-state index in [9.17, 15) is 9.59 Å². The fraction of sp³-hybridized carbons (Fsp3) is 0.0588. The second-order valence-corrected chi connectivity index (χ2v) is 4.91. The van der Waals surface area contributed by atoms with Gasteiger partial charge >= 0.3 is 6.09 Å². The molecule has 5 heteroatoms. The van der Waals surface area contributed by atoms with Crippen LogP contribution >= 0.6 is 0 Å². The molecule has 2 N–H and O–H groups in total. The number of ether oxygens (including phenoxy) is 1. The number of rotatable bonds is 2. The van der Waals surface area contributed by atoms with Crippen molar-refractivity contribution in [2.45, 2.75) is 6.92 Å². The van der Waals surface area contributed by atoms with Gasteiger partial charge in [0.2, 0.25) is 0 Å². The zero-order chi connectivity index (χ0) is 15.5.